The third-order valence-corrected chi connectivity index (χ3v) is 7.32. The number of hydrogen-bond acceptors (Lipinski definition) is 4. The highest BCUT2D eigenvalue weighted by atomic mass is 35.5. The number of benzene rings is 1. The molecule has 3 aromatic rings. The van der Waals surface area contributed by atoms with Gasteiger partial charge in [0, 0.05) is 49.0 Å². The summed E-state index contributed by atoms with van der Waals surface area (Å²) in [5.41, 5.74) is 1.10. The molecule has 28 heavy (non-hydrogen) atoms. The van der Waals surface area contributed by atoms with Gasteiger partial charge in [-0.15, -0.1) is 0 Å². The first-order valence-corrected chi connectivity index (χ1v) is 10.7. The molecule has 1 aliphatic rings. The summed E-state index contributed by atoms with van der Waals surface area (Å²) in [6.45, 7) is 2.71. The molecule has 1 atom stereocenters. The molecule has 0 aliphatic carbocycles. The number of fused-ring (bicyclic) bond motifs is 1. The van der Waals surface area contributed by atoms with Gasteiger partial charge in [-0.1, -0.05) is 29.8 Å². The van der Waals surface area contributed by atoms with Crippen LogP contribution in [0.15, 0.2) is 53.7 Å². The Morgan fingerprint density at radius 2 is 1.96 bits per heavy atom. The fourth-order valence-electron chi connectivity index (χ4n) is 3.58. The van der Waals surface area contributed by atoms with Gasteiger partial charge in [0.25, 0.3) is 5.91 Å². The summed E-state index contributed by atoms with van der Waals surface area (Å²) in [5, 5.41) is 0.736. The Morgan fingerprint density at radius 3 is 2.68 bits per heavy atom. The Morgan fingerprint density at radius 1 is 1.21 bits per heavy atom. The molecule has 9 heteroatoms. The molecule has 3 heterocycles. The minimum Gasteiger partial charge on any atom is -0.357 e. The maximum atomic E-state index is 13.3. The zero-order valence-corrected chi connectivity index (χ0v) is 16.7. The van der Waals surface area contributed by atoms with Gasteiger partial charge in [0.1, 0.15) is 4.90 Å². The quantitative estimate of drug-likeness (QED) is 0.662. The number of pyridine rings is 1. The van der Waals surface area contributed by atoms with Crippen LogP contribution in [0.1, 0.15) is 17.3 Å². The molecule has 2 aromatic heterocycles. The van der Waals surface area contributed by atoms with Crippen LogP contribution in [0.5, 0.6) is 0 Å². The standard InChI is InChI=1S/C19H19ClN4O3S/c1-13-12-23(19(25)14-5-3-2-4-6-14)9-10-24(13)28(26,27)16-11-22-17-15(16)7-8-21-18(17)20/h2-8,11,13,22H,9-10,12H2,1H3/t13-/m1/s1. The normalized spacial score (nSPS) is 18.5. The van der Waals surface area contributed by atoms with Crippen molar-refractivity contribution in [2.75, 3.05) is 19.6 Å². The van der Waals surface area contributed by atoms with Crippen molar-refractivity contribution in [3.63, 3.8) is 0 Å². The van der Waals surface area contributed by atoms with Crippen LogP contribution in [0.25, 0.3) is 10.9 Å². The van der Waals surface area contributed by atoms with Gasteiger partial charge in [0.05, 0.1) is 5.52 Å². The maximum absolute atomic E-state index is 13.3. The Bertz CT molecular complexity index is 1130. The molecule has 1 aromatic carbocycles. The van der Waals surface area contributed by atoms with E-state index in [-0.39, 0.29) is 28.5 Å². The van der Waals surface area contributed by atoms with Gasteiger partial charge < -0.3 is 9.88 Å². The molecule has 7 nitrogen and oxygen atoms in total. The van der Waals surface area contributed by atoms with Crippen molar-refractivity contribution in [1.29, 1.82) is 0 Å². The van der Waals surface area contributed by atoms with Gasteiger partial charge in [-0.25, -0.2) is 13.4 Å². The largest absolute Gasteiger partial charge is 0.357 e. The van der Waals surface area contributed by atoms with Crippen LogP contribution in [-0.4, -0.2) is 59.2 Å². The van der Waals surface area contributed by atoms with Crippen molar-refractivity contribution in [3.05, 3.63) is 59.5 Å². The average Bonchev–Trinajstić information content (AvgIpc) is 3.14. The van der Waals surface area contributed by atoms with E-state index in [1.807, 2.05) is 25.1 Å². The first-order valence-electron chi connectivity index (χ1n) is 8.87. The van der Waals surface area contributed by atoms with Crippen molar-refractivity contribution < 1.29 is 13.2 Å². The number of nitrogens with zero attached hydrogens (tertiary/aromatic N) is 3. The highest BCUT2D eigenvalue weighted by molar-refractivity contribution is 7.89. The zero-order chi connectivity index (χ0) is 19.9. The van der Waals surface area contributed by atoms with Crippen LogP contribution in [0.4, 0.5) is 0 Å². The molecule has 0 saturated carbocycles. The average molecular weight is 419 g/mol. The number of nitrogens with one attached hydrogen (secondary N) is 1. The number of aromatic amines is 1. The van der Waals surface area contributed by atoms with E-state index in [0.717, 1.165) is 0 Å². The third kappa shape index (κ3) is 3.17. The van der Waals surface area contributed by atoms with Gasteiger partial charge >= 0.3 is 0 Å². The summed E-state index contributed by atoms with van der Waals surface area (Å²) >= 11 is 6.05. The number of carbonyl (C=O) groups is 1. The van der Waals surface area contributed by atoms with E-state index < -0.39 is 10.0 Å². The Kier molecular flexibility index (Phi) is 4.86. The second-order valence-electron chi connectivity index (χ2n) is 6.76. The van der Waals surface area contributed by atoms with E-state index in [1.165, 1.54) is 16.7 Å². The van der Waals surface area contributed by atoms with Crippen molar-refractivity contribution in [2.45, 2.75) is 17.9 Å². The number of aromatic nitrogens is 2. The van der Waals surface area contributed by atoms with Crippen LogP contribution < -0.4 is 0 Å². The lowest BCUT2D eigenvalue weighted by atomic mass is 10.1. The molecule has 4 rings (SSSR count). The number of sulfonamides is 1. The van der Waals surface area contributed by atoms with E-state index in [4.69, 9.17) is 11.6 Å². The molecular weight excluding hydrogens is 400 g/mol. The summed E-state index contributed by atoms with van der Waals surface area (Å²) < 4.78 is 28.0. The number of halogens is 1. The number of piperazine rings is 1. The summed E-state index contributed by atoms with van der Waals surface area (Å²) in [6, 6.07) is 10.3. The lowest BCUT2D eigenvalue weighted by Gasteiger charge is -2.38. The Hall–Kier alpha value is -2.42. The van der Waals surface area contributed by atoms with Crippen molar-refractivity contribution in [3.8, 4) is 0 Å². The Balaban J connectivity index is 1.59. The molecule has 0 unspecified atom stereocenters. The molecule has 1 aliphatic heterocycles. The predicted octanol–water partition coefficient (Wildman–Crippen LogP) is 2.75. The highest BCUT2D eigenvalue weighted by Crippen LogP contribution is 2.30. The number of carbonyl (C=O) groups excluding carboxylic acids is 1. The summed E-state index contributed by atoms with van der Waals surface area (Å²) in [6.07, 6.45) is 2.93. The second-order valence-corrected chi connectivity index (χ2v) is 8.98. The molecule has 0 spiro atoms. The van der Waals surface area contributed by atoms with E-state index >= 15 is 0 Å². The lowest BCUT2D eigenvalue weighted by Crippen LogP contribution is -2.55. The summed E-state index contributed by atoms with van der Waals surface area (Å²) in [7, 11) is -3.75. The molecule has 146 valence electrons. The monoisotopic (exact) mass is 418 g/mol. The van der Waals surface area contributed by atoms with Crippen molar-refractivity contribution in [1.82, 2.24) is 19.2 Å². The van der Waals surface area contributed by atoms with E-state index in [0.29, 0.717) is 29.6 Å². The SMILES string of the molecule is C[C@@H]1CN(C(=O)c2ccccc2)CCN1S(=O)(=O)c1c[nH]c2c(Cl)nccc12. The number of H-pyrrole nitrogens is 1. The minimum atomic E-state index is -3.75. The van der Waals surface area contributed by atoms with Gasteiger partial charge in [0.15, 0.2) is 5.15 Å². The first kappa shape index (κ1) is 18.9. The van der Waals surface area contributed by atoms with Crippen molar-refractivity contribution in [2.24, 2.45) is 0 Å². The molecule has 1 N–H and O–H groups in total. The molecule has 1 amide bonds. The van der Waals surface area contributed by atoms with Gasteiger partial charge in [-0.2, -0.15) is 4.31 Å². The Labute approximate surface area is 168 Å². The molecule has 1 fully saturated rings. The topological polar surface area (TPSA) is 86.4 Å². The van der Waals surface area contributed by atoms with Crippen LogP contribution in [-0.2, 0) is 10.0 Å². The van der Waals surface area contributed by atoms with E-state index in [2.05, 4.69) is 9.97 Å². The fourth-order valence-corrected chi connectivity index (χ4v) is 5.56. The number of hydrogen-bond donors (Lipinski definition) is 1. The van der Waals surface area contributed by atoms with Gasteiger partial charge in [0.2, 0.25) is 10.0 Å². The molecule has 0 radical (unpaired) electrons. The second kappa shape index (κ2) is 7.20. The third-order valence-electron chi connectivity index (χ3n) is 4.98. The number of amides is 1. The highest BCUT2D eigenvalue weighted by Gasteiger charge is 2.36. The maximum Gasteiger partial charge on any atom is 0.253 e. The van der Waals surface area contributed by atoms with E-state index in [1.54, 1.807) is 23.1 Å². The molecule has 1 saturated heterocycles. The van der Waals surface area contributed by atoms with Crippen LogP contribution >= 0.6 is 11.6 Å². The van der Waals surface area contributed by atoms with E-state index in [9.17, 15) is 13.2 Å². The summed E-state index contributed by atoms with van der Waals surface area (Å²) in [5.74, 6) is -0.0885. The predicted molar refractivity (Wildman–Crippen MR) is 107 cm³/mol. The van der Waals surface area contributed by atoms with Gasteiger partial charge in [-0.05, 0) is 25.1 Å². The van der Waals surface area contributed by atoms with Crippen LogP contribution in [0, 0.1) is 0 Å². The lowest BCUT2D eigenvalue weighted by molar-refractivity contribution is 0.0642. The smallest absolute Gasteiger partial charge is 0.253 e. The zero-order valence-electron chi connectivity index (χ0n) is 15.2. The first-order chi connectivity index (χ1) is 13.4. The van der Waals surface area contributed by atoms with Crippen molar-refractivity contribution >= 4 is 38.4 Å². The number of rotatable bonds is 3. The van der Waals surface area contributed by atoms with Gasteiger partial charge in [-0.3, -0.25) is 4.79 Å². The summed E-state index contributed by atoms with van der Waals surface area (Å²) in [4.78, 5) is 21.4. The van der Waals surface area contributed by atoms with Crippen LogP contribution in [0.3, 0.4) is 0 Å². The molecule has 0 bridgehead atoms. The molecular formula is C19H19ClN4O3S. The fraction of sp³-hybridized carbons (Fsp3) is 0.263. The van der Waals surface area contributed by atoms with Crippen LogP contribution in [0.2, 0.25) is 5.15 Å². The minimum absolute atomic E-state index is 0.0885.